The van der Waals surface area contributed by atoms with E-state index in [1.54, 1.807) is 12.1 Å². The van der Waals surface area contributed by atoms with E-state index in [4.69, 9.17) is 14.6 Å². The lowest BCUT2D eigenvalue weighted by molar-refractivity contribution is -0.122. The zero-order valence-electron chi connectivity index (χ0n) is 11.5. The van der Waals surface area contributed by atoms with Crippen LogP contribution in [-0.4, -0.2) is 44.0 Å². The normalized spacial score (nSPS) is 11.9. The molecule has 5 nitrogen and oxygen atoms in total. The molecule has 2 N–H and O–H groups in total. The molecule has 0 saturated carbocycles. The van der Waals surface area contributed by atoms with Crippen LogP contribution in [0.25, 0.3) is 0 Å². The van der Waals surface area contributed by atoms with Gasteiger partial charge in [-0.2, -0.15) is 0 Å². The van der Waals surface area contributed by atoms with Crippen LogP contribution in [0.2, 0.25) is 0 Å². The van der Waals surface area contributed by atoms with Crippen molar-refractivity contribution in [3.8, 4) is 5.75 Å². The average Bonchev–Trinajstić information content (AvgIpc) is 2.39. The first kappa shape index (κ1) is 16.4. The number of aliphatic hydroxyl groups excluding tert-OH is 1. The zero-order valence-corrected chi connectivity index (χ0v) is 11.5. The second kappa shape index (κ2) is 9.28. The molecule has 0 aromatic heterocycles. The first-order valence-electron chi connectivity index (χ1n) is 6.43. The number of nitrogens with one attached hydrogen (secondary N) is 1. The van der Waals surface area contributed by atoms with Crippen LogP contribution in [0, 0.1) is 5.82 Å². The highest BCUT2D eigenvalue weighted by molar-refractivity contribution is 5.76. The number of methoxy groups -OCH3 is 1. The Morgan fingerprint density at radius 3 is 2.95 bits per heavy atom. The Bertz CT molecular complexity index is 408. The molecule has 112 valence electrons. The number of ether oxygens (including phenoxy) is 2. The summed E-state index contributed by atoms with van der Waals surface area (Å²) in [6, 6.07) is 5.54. The minimum absolute atomic E-state index is 0.0197. The van der Waals surface area contributed by atoms with E-state index in [0.29, 0.717) is 18.8 Å². The summed E-state index contributed by atoms with van der Waals surface area (Å²) in [7, 11) is 1.53. The van der Waals surface area contributed by atoms with Gasteiger partial charge >= 0.3 is 0 Å². The molecule has 6 heteroatoms. The second-order valence-corrected chi connectivity index (χ2v) is 4.29. The van der Waals surface area contributed by atoms with Crippen LogP contribution >= 0.6 is 0 Å². The van der Waals surface area contributed by atoms with E-state index >= 15 is 0 Å². The number of halogens is 1. The Balaban J connectivity index is 2.28. The molecule has 1 rings (SSSR count). The summed E-state index contributed by atoms with van der Waals surface area (Å²) in [5.74, 6) is -0.187. The van der Waals surface area contributed by atoms with Gasteiger partial charge in [0, 0.05) is 19.8 Å². The number of hydrogen-bond donors (Lipinski definition) is 2. The molecule has 0 fully saturated rings. The van der Waals surface area contributed by atoms with Crippen LogP contribution in [0.5, 0.6) is 5.75 Å². The van der Waals surface area contributed by atoms with Gasteiger partial charge < -0.3 is 19.9 Å². The zero-order chi connectivity index (χ0) is 14.8. The maximum Gasteiger partial charge on any atom is 0.223 e. The summed E-state index contributed by atoms with van der Waals surface area (Å²) < 4.78 is 23.1. The molecule has 1 unspecified atom stereocenters. The predicted molar refractivity (Wildman–Crippen MR) is 72.0 cm³/mol. The van der Waals surface area contributed by atoms with Gasteiger partial charge in [0.15, 0.2) is 0 Å². The number of carbonyl (C=O) groups is 1. The van der Waals surface area contributed by atoms with Gasteiger partial charge in [0.05, 0.1) is 25.7 Å². The molecule has 0 saturated heterocycles. The molecular weight excluding hydrogens is 265 g/mol. The SMILES string of the molecule is COCC(CCO)NC(=O)CCOc1cccc(F)c1. The monoisotopic (exact) mass is 285 g/mol. The fraction of sp³-hybridized carbons (Fsp3) is 0.500. The fourth-order valence-corrected chi connectivity index (χ4v) is 1.67. The smallest absolute Gasteiger partial charge is 0.223 e. The third-order valence-electron chi connectivity index (χ3n) is 2.60. The highest BCUT2D eigenvalue weighted by atomic mass is 19.1. The highest BCUT2D eigenvalue weighted by Gasteiger charge is 2.11. The summed E-state index contributed by atoms with van der Waals surface area (Å²) in [6.07, 6.45) is 0.590. The van der Waals surface area contributed by atoms with E-state index in [0.717, 1.165) is 0 Å². The first-order valence-corrected chi connectivity index (χ1v) is 6.43. The molecule has 1 amide bonds. The van der Waals surface area contributed by atoms with Gasteiger partial charge in [0.25, 0.3) is 0 Å². The van der Waals surface area contributed by atoms with E-state index < -0.39 is 0 Å². The largest absolute Gasteiger partial charge is 0.493 e. The molecule has 0 heterocycles. The van der Waals surface area contributed by atoms with Gasteiger partial charge in [-0.05, 0) is 18.6 Å². The van der Waals surface area contributed by atoms with Crippen molar-refractivity contribution in [1.82, 2.24) is 5.32 Å². The first-order chi connectivity index (χ1) is 9.65. The summed E-state index contributed by atoms with van der Waals surface area (Å²) >= 11 is 0. The van der Waals surface area contributed by atoms with Crippen LogP contribution < -0.4 is 10.1 Å². The Hall–Kier alpha value is -1.66. The lowest BCUT2D eigenvalue weighted by Crippen LogP contribution is -2.39. The minimum atomic E-state index is -0.380. The molecule has 0 aliphatic rings. The molecule has 0 bridgehead atoms. The number of aliphatic hydroxyl groups is 1. The summed E-state index contributed by atoms with van der Waals surface area (Å²) in [5.41, 5.74) is 0. The van der Waals surface area contributed by atoms with Crippen molar-refractivity contribution >= 4 is 5.91 Å². The lowest BCUT2D eigenvalue weighted by Gasteiger charge is -2.16. The standard InChI is InChI=1S/C14H20FNO4/c1-19-10-12(5-7-17)16-14(18)6-8-20-13-4-2-3-11(15)9-13/h2-4,9,12,17H,5-8,10H2,1H3,(H,16,18). The van der Waals surface area contributed by atoms with Crippen LogP contribution in [-0.2, 0) is 9.53 Å². The van der Waals surface area contributed by atoms with Crippen LogP contribution in [0.4, 0.5) is 4.39 Å². The van der Waals surface area contributed by atoms with Gasteiger partial charge in [-0.15, -0.1) is 0 Å². The number of amides is 1. The predicted octanol–water partition coefficient (Wildman–Crippen LogP) is 1.11. The van der Waals surface area contributed by atoms with Gasteiger partial charge in [-0.1, -0.05) is 6.07 Å². The fourth-order valence-electron chi connectivity index (χ4n) is 1.67. The van der Waals surface area contributed by atoms with Gasteiger partial charge in [0.2, 0.25) is 5.91 Å². The molecule has 0 radical (unpaired) electrons. The van der Waals surface area contributed by atoms with Crippen molar-refractivity contribution < 1.29 is 23.8 Å². The molecule has 0 aliphatic heterocycles. The van der Waals surface area contributed by atoms with Crippen molar-refractivity contribution in [1.29, 1.82) is 0 Å². The number of rotatable bonds is 9. The van der Waals surface area contributed by atoms with Gasteiger partial charge in [-0.25, -0.2) is 4.39 Å². The van der Waals surface area contributed by atoms with E-state index in [1.165, 1.54) is 19.2 Å². The van der Waals surface area contributed by atoms with Crippen LogP contribution in [0.3, 0.4) is 0 Å². The van der Waals surface area contributed by atoms with Gasteiger partial charge in [0.1, 0.15) is 11.6 Å². The van der Waals surface area contributed by atoms with E-state index in [-0.39, 0.29) is 37.4 Å². The molecule has 0 aliphatic carbocycles. The molecule has 0 spiro atoms. The minimum Gasteiger partial charge on any atom is -0.493 e. The maximum absolute atomic E-state index is 12.9. The number of benzene rings is 1. The van der Waals surface area contributed by atoms with Crippen molar-refractivity contribution in [2.75, 3.05) is 26.9 Å². The molecule has 1 aromatic rings. The average molecular weight is 285 g/mol. The van der Waals surface area contributed by atoms with Gasteiger partial charge in [-0.3, -0.25) is 4.79 Å². The summed E-state index contributed by atoms with van der Waals surface area (Å²) in [6.45, 7) is 0.485. The van der Waals surface area contributed by atoms with E-state index in [2.05, 4.69) is 5.32 Å². The quantitative estimate of drug-likeness (QED) is 0.713. The molecule has 20 heavy (non-hydrogen) atoms. The van der Waals surface area contributed by atoms with Crippen molar-refractivity contribution in [3.05, 3.63) is 30.1 Å². The molecule has 1 aromatic carbocycles. The number of hydrogen-bond acceptors (Lipinski definition) is 4. The Kier molecular flexibility index (Phi) is 7.60. The summed E-state index contributed by atoms with van der Waals surface area (Å²) in [5, 5.41) is 11.6. The Morgan fingerprint density at radius 1 is 1.50 bits per heavy atom. The third kappa shape index (κ3) is 6.49. The van der Waals surface area contributed by atoms with Crippen molar-refractivity contribution in [2.24, 2.45) is 0 Å². The Morgan fingerprint density at radius 2 is 2.30 bits per heavy atom. The molecule has 1 atom stereocenters. The lowest BCUT2D eigenvalue weighted by atomic mass is 10.2. The second-order valence-electron chi connectivity index (χ2n) is 4.29. The third-order valence-corrected chi connectivity index (χ3v) is 2.60. The highest BCUT2D eigenvalue weighted by Crippen LogP contribution is 2.11. The van der Waals surface area contributed by atoms with Crippen molar-refractivity contribution in [2.45, 2.75) is 18.9 Å². The Labute approximate surface area is 117 Å². The van der Waals surface area contributed by atoms with Crippen LogP contribution in [0.1, 0.15) is 12.8 Å². The van der Waals surface area contributed by atoms with Crippen molar-refractivity contribution in [3.63, 3.8) is 0 Å². The number of carbonyl (C=O) groups excluding carboxylic acids is 1. The summed E-state index contributed by atoms with van der Waals surface area (Å²) in [4.78, 5) is 11.7. The van der Waals surface area contributed by atoms with Crippen LogP contribution in [0.15, 0.2) is 24.3 Å². The van der Waals surface area contributed by atoms with E-state index in [1.807, 2.05) is 0 Å². The maximum atomic E-state index is 12.9. The topological polar surface area (TPSA) is 67.8 Å². The molecular formula is C14H20FNO4. The van der Waals surface area contributed by atoms with E-state index in [9.17, 15) is 9.18 Å².